The lowest BCUT2D eigenvalue weighted by atomic mass is 10.1. The van der Waals surface area contributed by atoms with Gasteiger partial charge < -0.3 is 14.3 Å². The summed E-state index contributed by atoms with van der Waals surface area (Å²) in [6.45, 7) is -0.173. The van der Waals surface area contributed by atoms with Gasteiger partial charge in [0.25, 0.3) is 0 Å². The second-order valence-electron chi connectivity index (χ2n) is 3.12. The molecule has 4 nitrogen and oxygen atoms in total. The zero-order valence-electron chi connectivity index (χ0n) is 8.19. The molecular weight excluding hydrogens is 196 g/mol. The zero-order chi connectivity index (χ0) is 10.8. The van der Waals surface area contributed by atoms with Crippen LogP contribution in [0, 0.1) is 0 Å². The predicted octanol–water partition coefficient (Wildman–Crippen LogP) is 1.29. The minimum atomic E-state index is -0.412. The van der Waals surface area contributed by atoms with Crippen molar-refractivity contribution < 1.29 is 14.3 Å². The van der Waals surface area contributed by atoms with Crippen LogP contribution >= 0.6 is 0 Å². The SMILES string of the molecule is COc1ccc2c(=O)occ(CO)c2c1. The van der Waals surface area contributed by atoms with E-state index in [0.29, 0.717) is 22.1 Å². The summed E-state index contributed by atoms with van der Waals surface area (Å²) < 4.78 is 9.83. The van der Waals surface area contributed by atoms with Gasteiger partial charge in [-0.3, -0.25) is 0 Å². The monoisotopic (exact) mass is 206 g/mol. The van der Waals surface area contributed by atoms with Crippen LogP contribution in [0.15, 0.2) is 33.7 Å². The minimum Gasteiger partial charge on any atom is -0.497 e. The van der Waals surface area contributed by atoms with Crippen molar-refractivity contribution in [2.75, 3.05) is 7.11 Å². The van der Waals surface area contributed by atoms with Crippen LogP contribution in [0.25, 0.3) is 10.8 Å². The lowest BCUT2D eigenvalue weighted by Gasteiger charge is -2.04. The van der Waals surface area contributed by atoms with E-state index in [1.807, 2.05) is 0 Å². The molecule has 2 rings (SSSR count). The topological polar surface area (TPSA) is 59.7 Å². The molecule has 1 N–H and O–H groups in total. The summed E-state index contributed by atoms with van der Waals surface area (Å²) in [6, 6.07) is 5.01. The number of aliphatic hydroxyl groups is 1. The molecule has 0 atom stereocenters. The maximum Gasteiger partial charge on any atom is 0.343 e. The highest BCUT2D eigenvalue weighted by Gasteiger charge is 2.06. The molecule has 0 fully saturated rings. The molecule has 0 spiro atoms. The molecule has 0 aliphatic rings. The quantitative estimate of drug-likeness (QED) is 0.804. The molecule has 0 aliphatic carbocycles. The van der Waals surface area contributed by atoms with Crippen molar-refractivity contribution in [3.05, 3.63) is 40.4 Å². The van der Waals surface area contributed by atoms with Crippen LogP contribution in [0.4, 0.5) is 0 Å². The average molecular weight is 206 g/mol. The van der Waals surface area contributed by atoms with Gasteiger partial charge in [-0.1, -0.05) is 0 Å². The van der Waals surface area contributed by atoms with Gasteiger partial charge in [-0.15, -0.1) is 0 Å². The first kappa shape index (κ1) is 9.73. The van der Waals surface area contributed by atoms with E-state index >= 15 is 0 Å². The molecule has 15 heavy (non-hydrogen) atoms. The molecule has 0 radical (unpaired) electrons. The molecule has 1 heterocycles. The highest BCUT2D eigenvalue weighted by atomic mass is 16.5. The number of benzene rings is 1. The smallest absolute Gasteiger partial charge is 0.343 e. The highest BCUT2D eigenvalue weighted by molar-refractivity contribution is 5.85. The van der Waals surface area contributed by atoms with Crippen molar-refractivity contribution in [3.8, 4) is 5.75 Å². The Kier molecular flexibility index (Phi) is 2.43. The van der Waals surface area contributed by atoms with E-state index in [-0.39, 0.29) is 6.61 Å². The molecule has 0 aliphatic heterocycles. The third-order valence-corrected chi connectivity index (χ3v) is 2.27. The summed E-state index contributed by atoms with van der Waals surface area (Å²) in [5.74, 6) is 0.641. The Bertz CT molecular complexity index is 542. The number of ether oxygens (including phenoxy) is 1. The minimum absolute atomic E-state index is 0.173. The maximum absolute atomic E-state index is 11.4. The molecule has 0 unspecified atom stereocenters. The van der Waals surface area contributed by atoms with Gasteiger partial charge in [0, 0.05) is 10.9 Å². The van der Waals surface area contributed by atoms with E-state index in [4.69, 9.17) is 14.3 Å². The number of hydrogen-bond acceptors (Lipinski definition) is 4. The van der Waals surface area contributed by atoms with Gasteiger partial charge in [-0.2, -0.15) is 0 Å². The number of aliphatic hydroxyl groups excluding tert-OH is 1. The molecule has 0 saturated heterocycles. The van der Waals surface area contributed by atoms with E-state index in [1.165, 1.54) is 6.26 Å². The van der Waals surface area contributed by atoms with E-state index in [0.717, 1.165) is 0 Å². The van der Waals surface area contributed by atoms with Gasteiger partial charge in [-0.25, -0.2) is 4.79 Å². The molecule has 1 aromatic heterocycles. The number of fused-ring (bicyclic) bond motifs is 1. The Morgan fingerprint density at radius 3 is 2.87 bits per heavy atom. The van der Waals surface area contributed by atoms with Crippen molar-refractivity contribution in [2.24, 2.45) is 0 Å². The third kappa shape index (κ3) is 1.59. The summed E-state index contributed by atoms with van der Waals surface area (Å²) >= 11 is 0. The first-order valence-electron chi connectivity index (χ1n) is 4.45. The van der Waals surface area contributed by atoms with Crippen LogP contribution in [0.1, 0.15) is 5.56 Å². The average Bonchev–Trinajstić information content (AvgIpc) is 2.29. The van der Waals surface area contributed by atoms with E-state index < -0.39 is 5.63 Å². The fraction of sp³-hybridized carbons (Fsp3) is 0.182. The van der Waals surface area contributed by atoms with Gasteiger partial charge in [0.05, 0.1) is 19.1 Å². The maximum atomic E-state index is 11.4. The third-order valence-electron chi connectivity index (χ3n) is 2.27. The van der Waals surface area contributed by atoms with Crippen molar-refractivity contribution in [1.29, 1.82) is 0 Å². The summed E-state index contributed by atoms with van der Waals surface area (Å²) in [5, 5.41) is 10.2. The van der Waals surface area contributed by atoms with Crippen LogP contribution in [0.2, 0.25) is 0 Å². The largest absolute Gasteiger partial charge is 0.497 e. The number of hydrogen-bond donors (Lipinski definition) is 1. The molecule has 0 amide bonds. The summed E-state index contributed by atoms with van der Waals surface area (Å²) in [5.41, 5.74) is 0.161. The van der Waals surface area contributed by atoms with Gasteiger partial charge in [0.15, 0.2) is 0 Å². The molecule has 4 heteroatoms. The van der Waals surface area contributed by atoms with Gasteiger partial charge in [0.1, 0.15) is 12.0 Å². The molecule has 0 bridgehead atoms. The zero-order valence-corrected chi connectivity index (χ0v) is 8.19. The molecule has 1 aromatic carbocycles. The second-order valence-corrected chi connectivity index (χ2v) is 3.12. The van der Waals surface area contributed by atoms with Crippen molar-refractivity contribution in [3.63, 3.8) is 0 Å². The molecule has 78 valence electrons. The summed E-state index contributed by atoms with van der Waals surface area (Å²) in [6.07, 6.45) is 1.27. The molecule has 2 aromatic rings. The van der Waals surface area contributed by atoms with Crippen LogP contribution in [0.5, 0.6) is 5.75 Å². The summed E-state index contributed by atoms with van der Waals surface area (Å²) in [7, 11) is 1.55. The predicted molar refractivity (Wildman–Crippen MR) is 55.0 cm³/mol. The van der Waals surface area contributed by atoms with Gasteiger partial charge >= 0.3 is 5.63 Å². The van der Waals surface area contributed by atoms with Crippen LogP contribution in [-0.2, 0) is 6.61 Å². The fourth-order valence-corrected chi connectivity index (χ4v) is 1.47. The van der Waals surface area contributed by atoms with E-state index in [1.54, 1.807) is 25.3 Å². The van der Waals surface area contributed by atoms with Gasteiger partial charge in [-0.05, 0) is 18.2 Å². The Hall–Kier alpha value is -1.81. The van der Waals surface area contributed by atoms with Gasteiger partial charge in [0.2, 0.25) is 0 Å². The second kappa shape index (κ2) is 3.74. The van der Waals surface area contributed by atoms with E-state index in [2.05, 4.69) is 0 Å². The van der Waals surface area contributed by atoms with Crippen LogP contribution in [0.3, 0.4) is 0 Å². The molecule has 0 saturated carbocycles. The normalized spacial score (nSPS) is 10.5. The van der Waals surface area contributed by atoms with Crippen LogP contribution in [-0.4, -0.2) is 12.2 Å². The first-order valence-corrected chi connectivity index (χ1v) is 4.45. The Labute approximate surface area is 85.7 Å². The van der Waals surface area contributed by atoms with Crippen molar-refractivity contribution in [2.45, 2.75) is 6.61 Å². The summed E-state index contributed by atoms with van der Waals surface area (Å²) in [4.78, 5) is 11.4. The van der Waals surface area contributed by atoms with E-state index in [9.17, 15) is 4.79 Å². The van der Waals surface area contributed by atoms with Crippen LogP contribution < -0.4 is 10.4 Å². The number of methoxy groups -OCH3 is 1. The Morgan fingerprint density at radius 2 is 2.20 bits per heavy atom. The Balaban J connectivity index is 2.83. The standard InChI is InChI=1S/C11H10O4/c1-14-8-2-3-9-10(4-8)7(5-12)6-15-11(9)13/h2-4,6,12H,5H2,1H3. The number of rotatable bonds is 2. The lowest BCUT2D eigenvalue weighted by molar-refractivity contribution is 0.279. The molecular formula is C11H10O4. The first-order chi connectivity index (χ1) is 7.26. The Morgan fingerprint density at radius 1 is 1.40 bits per heavy atom. The highest BCUT2D eigenvalue weighted by Crippen LogP contribution is 2.21. The fourth-order valence-electron chi connectivity index (χ4n) is 1.47. The van der Waals surface area contributed by atoms with Crippen molar-refractivity contribution >= 4 is 10.8 Å². The van der Waals surface area contributed by atoms with Crippen molar-refractivity contribution in [1.82, 2.24) is 0 Å². The lowest BCUT2D eigenvalue weighted by Crippen LogP contribution is -2.01.